The van der Waals surface area contributed by atoms with Crippen LogP contribution in [0.1, 0.15) is 36.8 Å². The number of nitrogens with zero attached hydrogens (tertiary/aromatic N) is 1. The Morgan fingerprint density at radius 3 is 2.36 bits per heavy atom. The highest BCUT2D eigenvalue weighted by molar-refractivity contribution is 5.86. The fourth-order valence-corrected chi connectivity index (χ4v) is 4.55. The lowest BCUT2D eigenvalue weighted by atomic mass is 9.98. The third-order valence-corrected chi connectivity index (χ3v) is 6.16. The smallest absolute Gasteiger partial charge is 0.407 e. The normalized spacial score (nSPS) is 18.2. The lowest BCUT2D eigenvalue weighted by Crippen LogP contribution is -2.55. The molecule has 2 N–H and O–H groups in total. The van der Waals surface area contributed by atoms with Crippen LogP contribution in [0.3, 0.4) is 0 Å². The van der Waals surface area contributed by atoms with Crippen LogP contribution in [-0.4, -0.2) is 66.4 Å². The van der Waals surface area contributed by atoms with Crippen molar-refractivity contribution in [2.45, 2.75) is 37.8 Å². The molecule has 4 rings (SSSR count). The van der Waals surface area contributed by atoms with E-state index in [0.717, 1.165) is 22.3 Å². The summed E-state index contributed by atoms with van der Waals surface area (Å²) in [6, 6.07) is 15.4. The van der Waals surface area contributed by atoms with E-state index in [1.807, 2.05) is 43.3 Å². The minimum atomic E-state index is -1.11. The summed E-state index contributed by atoms with van der Waals surface area (Å²) in [6.07, 6.45) is -0.614. The van der Waals surface area contributed by atoms with Crippen LogP contribution in [0.2, 0.25) is 0 Å². The largest absolute Gasteiger partial charge is 0.479 e. The van der Waals surface area contributed by atoms with E-state index in [0.29, 0.717) is 12.8 Å². The third-order valence-electron chi connectivity index (χ3n) is 6.16. The summed E-state index contributed by atoms with van der Waals surface area (Å²) in [5.41, 5.74) is 4.50. The molecule has 0 bridgehead atoms. The number of rotatable bonds is 7. The number of fused-ring (bicyclic) bond motifs is 3. The zero-order valence-corrected chi connectivity index (χ0v) is 18.5. The molecule has 2 aliphatic rings. The molecule has 1 aliphatic carbocycles. The molecule has 2 aromatic carbocycles. The van der Waals surface area contributed by atoms with Crippen molar-refractivity contribution >= 4 is 18.0 Å². The van der Waals surface area contributed by atoms with E-state index in [4.69, 9.17) is 9.47 Å². The lowest BCUT2D eigenvalue weighted by Gasteiger charge is -2.33. The number of morpholine rings is 1. The van der Waals surface area contributed by atoms with Crippen LogP contribution < -0.4 is 5.32 Å². The minimum absolute atomic E-state index is 0.0409. The summed E-state index contributed by atoms with van der Waals surface area (Å²) < 4.78 is 10.8. The van der Waals surface area contributed by atoms with Crippen molar-refractivity contribution in [1.29, 1.82) is 0 Å². The zero-order valence-electron chi connectivity index (χ0n) is 18.5. The van der Waals surface area contributed by atoms with Gasteiger partial charge in [0, 0.05) is 12.5 Å². The average Bonchev–Trinajstić information content (AvgIpc) is 3.16. The number of carboxylic acids is 1. The first-order chi connectivity index (χ1) is 16.0. The van der Waals surface area contributed by atoms with E-state index >= 15 is 0 Å². The monoisotopic (exact) mass is 452 g/mol. The van der Waals surface area contributed by atoms with Gasteiger partial charge in [-0.3, -0.25) is 4.79 Å². The van der Waals surface area contributed by atoms with E-state index < -0.39 is 24.2 Å². The van der Waals surface area contributed by atoms with E-state index in [-0.39, 0.29) is 38.1 Å². The molecule has 1 fully saturated rings. The molecule has 0 saturated carbocycles. The SMILES string of the molecule is CCC[C@H](NC(=O)OCC1c2ccccc2-c2ccccc21)C(=O)N1CCOC(C(=O)O)C1. The van der Waals surface area contributed by atoms with Crippen molar-refractivity contribution in [3.8, 4) is 11.1 Å². The van der Waals surface area contributed by atoms with Crippen LogP contribution in [0, 0.1) is 0 Å². The first-order valence-electron chi connectivity index (χ1n) is 11.2. The van der Waals surface area contributed by atoms with Crippen molar-refractivity contribution in [2.75, 3.05) is 26.3 Å². The summed E-state index contributed by atoms with van der Waals surface area (Å²) in [5.74, 6) is -1.50. The number of carbonyl (C=O) groups is 3. The van der Waals surface area contributed by atoms with Crippen LogP contribution >= 0.6 is 0 Å². The molecule has 174 valence electrons. The molecule has 0 aromatic heterocycles. The van der Waals surface area contributed by atoms with Crippen molar-refractivity contribution in [3.05, 3.63) is 59.7 Å². The Bertz CT molecular complexity index is 994. The molecule has 1 saturated heterocycles. The number of hydrogen-bond donors (Lipinski definition) is 2. The van der Waals surface area contributed by atoms with Gasteiger partial charge in [0.15, 0.2) is 6.10 Å². The molecule has 1 aliphatic heterocycles. The van der Waals surface area contributed by atoms with Gasteiger partial charge in [-0.05, 0) is 28.7 Å². The maximum absolute atomic E-state index is 13.0. The molecule has 2 amide bonds. The van der Waals surface area contributed by atoms with Crippen molar-refractivity contribution in [3.63, 3.8) is 0 Å². The van der Waals surface area contributed by atoms with Gasteiger partial charge < -0.3 is 24.8 Å². The Balaban J connectivity index is 1.40. The van der Waals surface area contributed by atoms with Gasteiger partial charge in [-0.2, -0.15) is 0 Å². The summed E-state index contributed by atoms with van der Waals surface area (Å²) in [7, 11) is 0. The van der Waals surface area contributed by atoms with Gasteiger partial charge in [0.05, 0.1) is 13.2 Å². The van der Waals surface area contributed by atoms with Gasteiger partial charge in [-0.25, -0.2) is 9.59 Å². The molecule has 1 heterocycles. The summed E-state index contributed by atoms with van der Waals surface area (Å²) in [5, 5.41) is 11.9. The van der Waals surface area contributed by atoms with Crippen LogP contribution in [0.5, 0.6) is 0 Å². The van der Waals surface area contributed by atoms with Crippen molar-refractivity contribution in [1.82, 2.24) is 10.2 Å². The number of hydrogen-bond acceptors (Lipinski definition) is 5. The number of amides is 2. The standard InChI is InChI=1S/C25H28N2O6/c1-2-7-21(23(28)27-12-13-32-22(14-27)24(29)30)26-25(31)33-15-20-18-10-5-3-8-16(18)17-9-4-6-11-19(17)20/h3-6,8-11,20-22H,2,7,12-15H2,1H3,(H,26,31)(H,29,30)/t21-,22?/m0/s1. The molecule has 2 atom stereocenters. The Morgan fingerprint density at radius 1 is 1.12 bits per heavy atom. The van der Waals surface area contributed by atoms with E-state index in [1.54, 1.807) is 0 Å². The Morgan fingerprint density at radius 2 is 1.76 bits per heavy atom. The van der Waals surface area contributed by atoms with Crippen LogP contribution in [0.15, 0.2) is 48.5 Å². The van der Waals surface area contributed by atoms with Gasteiger partial charge in [0.1, 0.15) is 12.6 Å². The lowest BCUT2D eigenvalue weighted by molar-refractivity contribution is -0.160. The predicted molar refractivity (Wildman–Crippen MR) is 121 cm³/mol. The van der Waals surface area contributed by atoms with Crippen LogP contribution in [0.4, 0.5) is 4.79 Å². The minimum Gasteiger partial charge on any atom is -0.479 e. The molecular formula is C25H28N2O6. The number of alkyl carbamates (subject to hydrolysis) is 1. The first kappa shape index (κ1) is 22.8. The molecular weight excluding hydrogens is 424 g/mol. The highest BCUT2D eigenvalue weighted by Gasteiger charge is 2.34. The molecule has 8 heteroatoms. The van der Waals surface area contributed by atoms with Gasteiger partial charge in [-0.1, -0.05) is 61.9 Å². The summed E-state index contributed by atoms with van der Waals surface area (Å²) in [6.45, 7) is 2.47. The predicted octanol–water partition coefficient (Wildman–Crippen LogP) is 3.01. The second-order valence-corrected chi connectivity index (χ2v) is 8.29. The van der Waals surface area contributed by atoms with Gasteiger partial charge in [0.2, 0.25) is 5.91 Å². The molecule has 0 radical (unpaired) electrons. The van der Waals surface area contributed by atoms with Crippen molar-refractivity contribution < 1.29 is 29.0 Å². The molecule has 8 nitrogen and oxygen atoms in total. The maximum atomic E-state index is 13.0. The van der Waals surface area contributed by atoms with E-state index in [1.165, 1.54) is 4.90 Å². The first-order valence-corrected chi connectivity index (χ1v) is 11.2. The summed E-state index contributed by atoms with van der Waals surface area (Å²) >= 11 is 0. The van der Waals surface area contributed by atoms with Gasteiger partial charge in [0.25, 0.3) is 0 Å². The number of benzene rings is 2. The van der Waals surface area contributed by atoms with Crippen LogP contribution in [0.25, 0.3) is 11.1 Å². The van der Waals surface area contributed by atoms with E-state index in [2.05, 4.69) is 17.4 Å². The van der Waals surface area contributed by atoms with E-state index in [9.17, 15) is 19.5 Å². The summed E-state index contributed by atoms with van der Waals surface area (Å²) in [4.78, 5) is 38.3. The molecule has 2 aromatic rings. The highest BCUT2D eigenvalue weighted by atomic mass is 16.5. The fraction of sp³-hybridized carbons (Fsp3) is 0.400. The van der Waals surface area contributed by atoms with Crippen molar-refractivity contribution in [2.24, 2.45) is 0 Å². The Kier molecular flexibility index (Phi) is 6.93. The Hall–Kier alpha value is -3.39. The topological polar surface area (TPSA) is 105 Å². The second kappa shape index (κ2) is 10.0. The van der Waals surface area contributed by atoms with Crippen LogP contribution in [-0.2, 0) is 19.1 Å². The number of aliphatic carboxylic acids is 1. The number of carboxylic acid groups (broad SMARTS) is 1. The van der Waals surface area contributed by atoms with Gasteiger partial charge >= 0.3 is 12.1 Å². The second-order valence-electron chi connectivity index (χ2n) is 8.29. The Labute approximate surface area is 192 Å². The number of carbonyl (C=O) groups excluding carboxylic acids is 2. The van der Waals surface area contributed by atoms with Gasteiger partial charge in [-0.15, -0.1) is 0 Å². The maximum Gasteiger partial charge on any atom is 0.407 e. The third kappa shape index (κ3) is 4.85. The molecule has 1 unspecified atom stereocenters. The highest BCUT2D eigenvalue weighted by Crippen LogP contribution is 2.44. The fourth-order valence-electron chi connectivity index (χ4n) is 4.55. The number of ether oxygens (including phenoxy) is 2. The molecule has 33 heavy (non-hydrogen) atoms. The average molecular weight is 453 g/mol. The molecule has 0 spiro atoms. The quantitative estimate of drug-likeness (QED) is 0.669. The number of nitrogens with one attached hydrogen (secondary N) is 1. The zero-order chi connectivity index (χ0) is 23.4.